The number of aryl methyl sites for hydroxylation is 1. The van der Waals surface area contributed by atoms with E-state index < -0.39 is 11.9 Å². The largest absolute Gasteiger partial charge is 0.326 e. The summed E-state index contributed by atoms with van der Waals surface area (Å²) in [6.45, 7) is 2.38. The fourth-order valence-electron chi connectivity index (χ4n) is 2.78. The number of halogens is 1. The molecular formula is C17H17FN2O2S. The Morgan fingerprint density at radius 2 is 2.17 bits per heavy atom. The van der Waals surface area contributed by atoms with E-state index in [1.807, 2.05) is 18.4 Å². The van der Waals surface area contributed by atoms with Crippen LogP contribution in [0.3, 0.4) is 0 Å². The standard InChI is InChI=1S/C17H17FN2O2S/c1-11-6-7-12(18)13(10-11)19-16(21)14-4-2-8-20(14)17(22)15-5-3-9-23-15/h3,5-7,9-10,14H,2,4,8H2,1H3,(H,19,21)/t14-/m1/s1. The van der Waals surface area contributed by atoms with Crippen LogP contribution in [-0.4, -0.2) is 29.3 Å². The molecule has 4 nitrogen and oxygen atoms in total. The van der Waals surface area contributed by atoms with Crippen LogP contribution in [0.5, 0.6) is 0 Å². The number of rotatable bonds is 3. The molecule has 1 aromatic heterocycles. The summed E-state index contributed by atoms with van der Waals surface area (Å²) in [5.41, 5.74) is 1.02. The molecule has 120 valence electrons. The average Bonchev–Trinajstić information content (AvgIpc) is 3.20. The van der Waals surface area contributed by atoms with Gasteiger partial charge in [0, 0.05) is 6.54 Å². The minimum atomic E-state index is -0.551. The van der Waals surface area contributed by atoms with E-state index in [-0.39, 0.29) is 17.5 Å². The molecule has 2 aromatic rings. The molecule has 23 heavy (non-hydrogen) atoms. The molecule has 1 fully saturated rings. The topological polar surface area (TPSA) is 49.4 Å². The van der Waals surface area contributed by atoms with Gasteiger partial charge in [0.2, 0.25) is 5.91 Å². The van der Waals surface area contributed by atoms with Gasteiger partial charge in [-0.15, -0.1) is 11.3 Å². The lowest BCUT2D eigenvalue weighted by atomic mass is 10.1. The van der Waals surface area contributed by atoms with Crippen LogP contribution in [0.1, 0.15) is 28.1 Å². The summed E-state index contributed by atoms with van der Waals surface area (Å²) in [6, 6.07) is 7.57. The Kier molecular flexibility index (Phi) is 4.43. The van der Waals surface area contributed by atoms with Crippen molar-refractivity contribution in [1.82, 2.24) is 4.90 Å². The van der Waals surface area contributed by atoms with Gasteiger partial charge in [-0.2, -0.15) is 0 Å². The van der Waals surface area contributed by atoms with E-state index in [9.17, 15) is 14.0 Å². The lowest BCUT2D eigenvalue weighted by Gasteiger charge is -2.23. The van der Waals surface area contributed by atoms with Crippen molar-refractivity contribution >= 4 is 28.8 Å². The number of likely N-dealkylation sites (tertiary alicyclic amines) is 1. The zero-order chi connectivity index (χ0) is 16.4. The molecule has 1 N–H and O–H groups in total. The van der Waals surface area contributed by atoms with Gasteiger partial charge in [0.1, 0.15) is 11.9 Å². The quantitative estimate of drug-likeness (QED) is 0.936. The van der Waals surface area contributed by atoms with Crippen molar-refractivity contribution in [1.29, 1.82) is 0 Å². The molecule has 1 saturated heterocycles. The first kappa shape index (κ1) is 15.7. The fraction of sp³-hybridized carbons (Fsp3) is 0.294. The molecular weight excluding hydrogens is 315 g/mol. The summed E-state index contributed by atoms with van der Waals surface area (Å²) in [7, 11) is 0. The molecule has 0 unspecified atom stereocenters. The SMILES string of the molecule is Cc1ccc(F)c(NC(=O)[C@H]2CCCN2C(=O)c2cccs2)c1. The number of carbonyl (C=O) groups excluding carboxylic acids is 2. The smallest absolute Gasteiger partial charge is 0.264 e. The van der Waals surface area contributed by atoms with E-state index in [0.717, 1.165) is 12.0 Å². The molecule has 1 aromatic carbocycles. The highest BCUT2D eigenvalue weighted by Gasteiger charge is 2.35. The molecule has 1 aliphatic heterocycles. The number of thiophene rings is 1. The zero-order valence-electron chi connectivity index (χ0n) is 12.7. The van der Waals surface area contributed by atoms with Gasteiger partial charge in [-0.25, -0.2) is 4.39 Å². The Hall–Kier alpha value is -2.21. The van der Waals surface area contributed by atoms with Gasteiger partial charge in [0.25, 0.3) is 5.91 Å². The third kappa shape index (κ3) is 3.27. The average molecular weight is 332 g/mol. The van der Waals surface area contributed by atoms with Crippen LogP contribution in [0.15, 0.2) is 35.7 Å². The predicted octanol–water partition coefficient (Wildman–Crippen LogP) is 3.44. The second-order valence-electron chi connectivity index (χ2n) is 5.61. The third-order valence-electron chi connectivity index (χ3n) is 3.93. The molecule has 1 atom stereocenters. The third-order valence-corrected chi connectivity index (χ3v) is 4.79. The van der Waals surface area contributed by atoms with Crippen molar-refractivity contribution in [3.8, 4) is 0 Å². The van der Waals surface area contributed by atoms with Gasteiger partial charge in [0.15, 0.2) is 0 Å². The molecule has 0 saturated carbocycles. The highest BCUT2D eigenvalue weighted by atomic mass is 32.1. The van der Waals surface area contributed by atoms with Gasteiger partial charge in [-0.1, -0.05) is 12.1 Å². The minimum absolute atomic E-state index is 0.137. The Balaban J connectivity index is 1.76. The molecule has 6 heteroatoms. The summed E-state index contributed by atoms with van der Waals surface area (Å²) in [6.07, 6.45) is 1.36. The Morgan fingerprint density at radius 3 is 2.91 bits per heavy atom. The predicted molar refractivity (Wildman–Crippen MR) is 88.1 cm³/mol. The number of amides is 2. The molecule has 2 heterocycles. The highest BCUT2D eigenvalue weighted by molar-refractivity contribution is 7.12. The van der Waals surface area contributed by atoms with Gasteiger partial charge in [-0.05, 0) is 48.9 Å². The first-order chi connectivity index (χ1) is 11.1. The Labute approximate surface area is 137 Å². The van der Waals surface area contributed by atoms with Crippen LogP contribution in [-0.2, 0) is 4.79 Å². The molecule has 1 aliphatic rings. The number of nitrogens with zero attached hydrogens (tertiary/aromatic N) is 1. The van der Waals surface area contributed by atoms with Crippen molar-refractivity contribution in [2.45, 2.75) is 25.8 Å². The zero-order valence-corrected chi connectivity index (χ0v) is 13.5. The van der Waals surface area contributed by atoms with Gasteiger partial charge in [-0.3, -0.25) is 9.59 Å². The summed E-state index contributed by atoms with van der Waals surface area (Å²) in [5, 5.41) is 4.45. The van der Waals surface area contributed by atoms with E-state index in [1.165, 1.54) is 17.4 Å². The van der Waals surface area contributed by atoms with Crippen LogP contribution in [0.2, 0.25) is 0 Å². The maximum atomic E-state index is 13.8. The number of carbonyl (C=O) groups is 2. The van der Waals surface area contributed by atoms with Crippen LogP contribution < -0.4 is 5.32 Å². The summed E-state index contributed by atoms with van der Waals surface area (Å²) >= 11 is 1.36. The Morgan fingerprint density at radius 1 is 1.35 bits per heavy atom. The maximum Gasteiger partial charge on any atom is 0.264 e. The monoisotopic (exact) mass is 332 g/mol. The maximum absolute atomic E-state index is 13.8. The van der Waals surface area contributed by atoms with E-state index in [4.69, 9.17) is 0 Å². The fourth-order valence-corrected chi connectivity index (χ4v) is 3.45. The molecule has 2 amide bonds. The summed E-state index contributed by atoms with van der Waals surface area (Å²) in [4.78, 5) is 27.2. The normalized spacial score (nSPS) is 17.3. The van der Waals surface area contributed by atoms with E-state index >= 15 is 0 Å². The van der Waals surface area contributed by atoms with Gasteiger partial charge in [0.05, 0.1) is 10.6 Å². The number of hydrogen-bond acceptors (Lipinski definition) is 3. The second-order valence-corrected chi connectivity index (χ2v) is 6.55. The summed E-state index contributed by atoms with van der Waals surface area (Å²) < 4.78 is 13.8. The highest BCUT2D eigenvalue weighted by Crippen LogP contribution is 2.24. The van der Waals surface area contributed by atoms with Crippen LogP contribution in [0, 0.1) is 12.7 Å². The van der Waals surface area contributed by atoms with Crippen molar-refractivity contribution < 1.29 is 14.0 Å². The lowest BCUT2D eigenvalue weighted by Crippen LogP contribution is -2.43. The van der Waals surface area contributed by atoms with Crippen molar-refractivity contribution in [2.24, 2.45) is 0 Å². The second kappa shape index (κ2) is 6.50. The molecule has 0 aliphatic carbocycles. The minimum Gasteiger partial charge on any atom is -0.326 e. The number of nitrogens with one attached hydrogen (secondary N) is 1. The molecule has 3 rings (SSSR count). The van der Waals surface area contributed by atoms with E-state index in [2.05, 4.69) is 5.32 Å². The number of benzene rings is 1. The first-order valence-corrected chi connectivity index (χ1v) is 8.36. The van der Waals surface area contributed by atoms with E-state index in [0.29, 0.717) is 17.8 Å². The van der Waals surface area contributed by atoms with Gasteiger partial charge >= 0.3 is 0 Å². The first-order valence-electron chi connectivity index (χ1n) is 7.48. The molecule has 0 radical (unpaired) electrons. The molecule has 0 bridgehead atoms. The van der Waals surface area contributed by atoms with Crippen molar-refractivity contribution in [3.63, 3.8) is 0 Å². The Bertz CT molecular complexity index is 730. The van der Waals surface area contributed by atoms with Crippen molar-refractivity contribution in [3.05, 3.63) is 52.0 Å². The lowest BCUT2D eigenvalue weighted by molar-refractivity contribution is -0.119. The summed E-state index contributed by atoms with van der Waals surface area (Å²) in [5.74, 6) is -0.947. The molecule has 0 spiro atoms. The number of anilines is 1. The number of hydrogen-bond donors (Lipinski definition) is 1. The van der Waals surface area contributed by atoms with Crippen LogP contribution >= 0.6 is 11.3 Å². The van der Waals surface area contributed by atoms with Crippen LogP contribution in [0.25, 0.3) is 0 Å². The van der Waals surface area contributed by atoms with Crippen molar-refractivity contribution in [2.75, 3.05) is 11.9 Å². The van der Waals surface area contributed by atoms with Crippen LogP contribution in [0.4, 0.5) is 10.1 Å². The van der Waals surface area contributed by atoms with E-state index in [1.54, 1.807) is 23.1 Å². The van der Waals surface area contributed by atoms with Gasteiger partial charge < -0.3 is 10.2 Å².